The second kappa shape index (κ2) is 20.9. The van der Waals surface area contributed by atoms with Gasteiger partial charge in [-0.3, -0.25) is 0 Å². The number of aryl methyl sites for hydroxylation is 2. The van der Waals surface area contributed by atoms with Crippen LogP contribution in [0.5, 0.6) is 0 Å². The second-order valence-electron chi connectivity index (χ2n) is 27.1. The summed E-state index contributed by atoms with van der Waals surface area (Å²) < 4.78 is 14.0. The van der Waals surface area contributed by atoms with Crippen LogP contribution in [-0.2, 0) is 0 Å². The molecule has 19 aromatic carbocycles. The summed E-state index contributed by atoms with van der Waals surface area (Å²) >= 11 is 0. The van der Waals surface area contributed by atoms with Crippen LogP contribution in [0.4, 0.5) is 0 Å². The Morgan fingerprint density at radius 1 is 0.184 bits per heavy atom. The van der Waals surface area contributed by atoms with Crippen molar-refractivity contribution in [3.63, 3.8) is 0 Å². The van der Waals surface area contributed by atoms with E-state index in [4.69, 9.17) is 8.83 Å². The quantitative estimate of drug-likeness (QED) is 0.142. The van der Waals surface area contributed by atoms with Crippen molar-refractivity contribution in [1.82, 2.24) is 0 Å². The maximum absolute atomic E-state index is 7.09. The number of fused-ring (bicyclic) bond motifs is 8. The van der Waals surface area contributed by atoms with Gasteiger partial charge in [0.25, 0.3) is 0 Å². The fourth-order valence-electron chi connectivity index (χ4n) is 16.7. The smallest absolute Gasteiger partial charge is 0.143 e. The molecular formula is C96H58O2. The van der Waals surface area contributed by atoms with Crippen molar-refractivity contribution >= 4 is 130 Å². The Morgan fingerprint density at radius 3 is 1.32 bits per heavy atom. The fourth-order valence-corrected chi connectivity index (χ4v) is 16.7. The first-order valence-electron chi connectivity index (χ1n) is 34.0. The molecule has 0 aliphatic rings. The minimum absolute atomic E-state index is 0.845. The van der Waals surface area contributed by atoms with Crippen molar-refractivity contribution < 1.29 is 8.83 Å². The van der Waals surface area contributed by atoms with Crippen molar-refractivity contribution in [2.45, 2.75) is 13.8 Å². The third-order valence-corrected chi connectivity index (χ3v) is 21.6. The lowest BCUT2D eigenvalue weighted by Gasteiger charge is -2.20. The van der Waals surface area contributed by atoms with Crippen LogP contribution in [-0.4, -0.2) is 0 Å². The van der Waals surface area contributed by atoms with Crippen LogP contribution in [0.2, 0.25) is 0 Å². The number of benzene rings is 19. The van der Waals surface area contributed by atoms with Gasteiger partial charge in [-0.25, -0.2) is 0 Å². The predicted octanol–water partition coefficient (Wildman–Crippen LogP) is 27.5. The summed E-state index contributed by atoms with van der Waals surface area (Å²) in [6.45, 7) is 4.41. The molecule has 0 aliphatic heterocycles. The monoisotopic (exact) mass is 1240 g/mol. The van der Waals surface area contributed by atoms with Crippen LogP contribution in [0.1, 0.15) is 11.1 Å². The van der Waals surface area contributed by atoms with Crippen LogP contribution in [0, 0.1) is 13.8 Å². The highest BCUT2D eigenvalue weighted by atomic mass is 16.3. The van der Waals surface area contributed by atoms with Crippen molar-refractivity contribution in [1.29, 1.82) is 0 Å². The Morgan fingerprint density at radius 2 is 0.622 bits per heavy atom. The third-order valence-electron chi connectivity index (χ3n) is 21.6. The molecule has 0 saturated carbocycles. The normalized spacial score (nSPS) is 12.2. The lowest BCUT2D eigenvalue weighted by Crippen LogP contribution is -1.93. The van der Waals surface area contributed by atoms with E-state index in [0.29, 0.717) is 0 Å². The zero-order valence-corrected chi connectivity index (χ0v) is 53.8. The van der Waals surface area contributed by atoms with E-state index in [9.17, 15) is 0 Å². The van der Waals surface area contributed by atoms with Gasteiger partial charge >= 0.3 is 0 Å². The lowest BCUT2D eigenvalue weighted by molar-refractivity contribution is 0.670. The predicted molar refractivity (Wildman–Crippen MR) is 416 cm³/mol. The van der Waals surface area contributed by atoms with E-state index >= 15 is 0 Å². The molecule has 98 heavy (non-hydrogen) atoms. The van der Waals surface area contributed by atoms with Crippen LogP contribution in [0.25, 0.3) is 219 Å². The summed E-state index contributed by atoms with van der Waals surface area (Å²) in [5.41, 5.74) is 24.5. The van der Waals surface area contributed by atoms with Crippen LogP contribution in [0.3, 0.4) is 0 Å². The number of hydrogen-bond acceptors (Lipinski definition) is 2. The van der Waals surface area contributed by atoms with Gasteiger partial charge in [0.2, 0.25) is 0 Å². The molecule has 0 unspecified atom stereocenters. The molecule has 0 fully saturated rings. The van der Waals surface area contributed by atoms with E-state index in [-0.39, 0.29) is 0 Å². The molecule has 0 amide bonds. The van der Waals surface area contributed by atoms with E-state index < -0.39 is 0 Å². The topological polar surface area (TPSA) is 26.3 Å². The molecule has 21 rings (SSSR count). The molecule has 21 aromatic rings. The molecule has 0 aliphatic carbocycles. The molecule has 0 bridgehead atoms. The van der Waals surface area contributed by atoms with Crippen molar-refractivity contribution in [2.75, 3.05) is 0 Å². The molecule has 0 saturated heterocycles. The van der Waals surface area contributed by atoms with Crippen molar-refractivity contribution in [2.24, 2.45) is 0 Å². The van der Waals surface area contributed by atoms with Gasteiger partial charge in [-0.1, -0.05) is 266 Å². The van der Waals surface area contributed by atoms with Gasteiger partial charge < -0.3 is 8.83 Å². The molecule has 0 radical (unpaired) electrons. The molecule has 2 nitrogen and oxygen atoms in total. The Bertz CT molecular complexity index is 6920. The van der Waals surface area contributed by atoms with Gasteiger partial charge in [0, 0.05) is 32.7 Å². The Kier molecular flexibility index (Phi) is 11.7. The van der Waals surface area contributed by atoms with Crippen LogP contribution < -0.4 is 0 Å². The van der Waals surface area contributed by atoms with Crippen LogP contribution >= 0.6 is 0 Å². The van der Waals surface area contributed by atoms with E-state index in [2.05, 4.69) is 329 Å². The molecule has 2 heterocycles. The standard InChI is InChI=1S/C96H58O2/c1-55-21-23-59(24-22-55)73-38-33-62-35-41-80-84(47-56(2)72-43-44-78(73)91(62)93(72)80)61-29-27-60(28-30-61)75-18-10-19-83-77-40-37-66(53-90(77)98-95(75)83)71-51-87(96-88(52-71)76-17-7-8-20-89(76)97-96)68-16-9-15-67(50-68)85-54-86(70-32-26-58-12-4-6-14-65(58)49-70)81-42-36-63-34-39-74(79-45-46-82(85)94(81)92(63)79)69-31-25-57-11-3-5-13-64(57)48-69/h3-54H,1-2H3. The molecule has 0 N–H and O–H groups in total. The largest absolute Gasteiger partial charge is 0.455 e. The maximum Gasteiger partial charge on any atom is 0.143 e. The summed E-state index contributed by atoms with van der Waals surface area (Å²) in [5, 5.41) is 24.6. The van der Waals surface area contributed by atoms with Gasteiger partial charge in [0.15, 0.2) is 0 Å². The molecular weight excluding hydrogens is 1190 g/mol. The summed E-state index contributed by atoms with van der Waals surface area (Å²) in [5.74, 6) is 0. The van der Waals surface area contributed by atoms with Crippen LogP contribution in [0.15, 0.2) is 324 Å². The highest BCUT2D eigenvalue weighted by Crippen LogP contribution is 2.50. The summed E-state index contributed by atoms with van der Waals surface area (Å²) in [7, 11) is 0. The molecule has 2 heteroatoms. The van der Waals surface area contributed by atoms with Gasteiger partial charge in [0.1, 0.15) is 22.3 Å². The third kappa shape index (κ3) is 8.28. The zero-order valence-electron chi connectivity index (χ0n) is 53.8. The summed E-state index contributed by atoms with van der Waals surface area (Å²) in [6.07, 6.45) is 0. The van der Waals surface area contributed by atoms with Gasteiger partial charge in [-0.05, 0) is 238 Å². The lowest BCUT2D eigenvalue weighted by atomic mass is 9.83. The Balaban J connectivity index is 0.681. The molecule has 0 spiro atoms. The summed E-state index contributed by atoms with van der Waals surface area (Å²) in [6, 6.07) is 117. The highest BCUT2D eigenvalue weighted by molar-refractivity contribution is 6.31. The average molecular weight is 1240 g/mol. The molecule has 454 valence electrons. The van der Waals surface area contributed by atoms with Crippen molar-refractivity contribution in [3.05, 3.63) is 327 Å². The first-order valence-corrected chi connectivity index (χ1v) is 34.0. The Labute approximate surface area is 564 Å². The minimum atomic E-state index is 0.845. The van der Waals surface area contributed by atoms with E-state index in [1.807, 2.05) is 0 Å². The first kappa shape index (κ1) is 54.7. The first-order chi connectivity index (χ1) is 48.3. The number of rotatable bonds is 8. The number of para-hydroxylation sites is 2. The maximum atomic E-state index is 7.09. The number of hydrogen-bond donors (Lipinski definition) is 0. The van der Waals surface area contributed by atoms with Gasteiger partial charge in [0.05, 0.1) is 0 Å². The van der Waals surface area contributed by atoms with E-state index in [1.165, 1.54) is 147 Å². The SMILES string of the molecule is Cc1ccc(-c2ccc3ccc4c(-c5ccc(-c6cccc7c6oc6cc(-c8cc(-c9cccc(-c%10cc(-c%11ccc%12ccccc%12c%11)c%11ccc%12ccc(-c%13ccc%14ccccc%14c%13)c%13ccc%10c%11c%12%13)c9)c9oc%10ccccc%10c9c8)ccc67)cc5)cc(C)c5ccc2c3c54)cc1. The van der Waals surface area contributed by atoms with E-state index in [1.54, 1.807) is 0 Å². The van der Waals surface area contributed by atoms with Gasteiger partial charge in [-0.2, -0.15) is 0 Å². The Hall–Kier alpha value is -12.6. The highest BCUT2D eigenvalue weighted by Gasteiger charge is 2.24. The molecule has 2 aromatic heterocycles. The van der Waals surface area contributed by atoms with Crippen molar-refractivity contribution in [3.8, 4) is 89.0 Å². The van der Waals surface area contributed by atoms with E-state index in [0.717, 1.165) is 82.8 Å². The summed E-state index contributed by atoms with van der Waals surface area (Å²) in [4.78, 5) is 0. The molecule has 0 atom stereocenters. The van der Waals surface area contributed by atoms with Gasteiger partial charge in [-0.15, -0.1) is 0 Å². The minimum Gasteiger partial charge on any atom is -0.455 e. The average Bonchev–Trinajstić information content (AvgIpc) is 1.08. The zero-order chi connectivity index (χ0) is 64.4. The second-order valence-corrected chi connectivity index (χ2v) is 27.1. The fraction of sp³-hybridized carbons (Fsp3) is 0.0208. The number of furan rings is 2.